The fraction of sp³-hybridized carbons (Fsp3) is 0.300. The summed E-state index contributed by atoms with van der Waals surface area (Å²) in [6, 6.07) is 6.00. The minimum absolute atomic E-state index is 0.627. The molecule has 1 fully saturated rings. The lowest BCUT2D eigenvalue weighted by Gasteiger charge is -1.96. The largest absolute Gasteiger partial charge is 0.302 e. The summed E-state index contributed by atoms with van der Waals surface area (Å²) in [5.74, 6) is 1.77. The number of hydrogen-bond donors (Lipinski definition) is 0. The van der Waals surface area contributed by atoms with Crippen LogP contribution in [0.5, 0.6) is 0 Å². The summed E-state index contributed by atoms with van der Waals surface area (Å²) in [7, 11) is 0. The molecule has 0 amide bonds. The second-order valence-corrected chi connectivity index (χ2v) is 3.85. The van der Waals surface area contributed by atoms with Crippen molar-refractivity contribution in [3.05, 3.63) is 35.4 Å². The molecule has 0 bridgehead atoms. The molecule has 0 radical (unpaired) electrons. The van der Waals surface area contributed by atoms with Crippen LogP contribution in [0, 0.1) is 0 Å². The Bertz CT molecular complexity index is 457. The highest BCUT2D eigenvalue weighted by atomic mass is 35.5. The quantitative estimate of drug-likeness (QED) is 0.679. The highest BCUT2D eigenvalue weighted by Gasteiger charge is 2.28. The van der Waals surface area contributed by atoms with E-state index in [4.69, 9.17) is 11.6 Å². The molecule has 2 heterocycles. The molecule has 0 N–H and O–H groups in total. The van der Waals surface area contributed by atoms with Crippen LogP contribution in [0.3, 0.4) is 0 Å². The van der Waals surface area contributed by atoms with Crippen LogP contribution in [0.4, 0.5) is 0 Å². The van der Waals surface area contributed by atoms with Crippen molar-refractivity contribution in [2.45, 2.75) is 18.8 Å². The summed E-state index contributed by atoms with van der Waals surface area (Å²) >= 11 is 6.02. The predicted molar refractivity (Wildman–Crippen MR) is 52.2 cm³/mol. The predicted octanol–water partition coefficient (Wildman–Crippen LogP) is 2.87. The number of halogens is 1. The maximum absolute atomic E-state index is 6.02. The molecule has 3 heteroatoms. The Labute approximate surface area is 81.2 Å². The van der Waals surface area contributed by atoms with Gasteiger partial charge in [-0.1, -0.05) is 17.7 Å². The molecular formula is C10H9ClN2. The number of rotatable bonds is 1. The van der Waals surface area contributed by atoms with Crippen molar-refractivity contribution in [2.75, 3.05) is 0 Å². The first-order chi connectivity index (χ1) is 6.36. The lowest BCUT2D eigenvalue weighted by Crippen LogP contribution is -1.90. The molecule has 1 aliphatic carbocycles. The maximum atomic E-state index is 6.02. The van der Waals surface area contributed by atoms with Gasteiger partial charge in [-0.25, -0.2) is 4.98 Å². The summed E-state index contributed by atoms with van der Waals surface area (Å²) in [4.78, 5) is 4.38. The monoisotopic (exact) mass is 192 g/mol. The molecular weight excluding hydrogens is 184 g/mol. The third-order valence-electron chi connectivity index (χ3n) is 2.47. The van der Waals surface area contributed by atoms with Gasteiger partial charge >= 0.3 is 0 Å². The molecule has 66 valence electrons. The van der Waals surface area contributed by atoms with Crippen molar-refractivity contribution in [1.82, 2.24) is 9.38 Å². The maximum Gasteiger partial charge on any atom is 0.155 e. The Kier molecular flexibility index (Phi) is 1.41. The Morgan fingerprint density at radius 1 is 1.38 bits per heavy atom. The van der Waals surface area contributed by atoms with Gasteiger partial charge in [-0.3, -0.25) is 0 Å². The number of fused-ring (bicyclic) bond motifs is 1. The lowest BCUT2D eigenvalue weighted by atomic mass is 10.4. The van der Waals surface area contributed by atoms with Gasteiger partial charge in [-0.15, -0.1) is 0 Å². The molecule has 0 spiro atoms. The second-order valence-electron chi connectivity index (χ2n) is 3.49. The first-order valence-corrected chi connectivity index (χ1v) is 4.86. The van der Waals surface area contributed by atoms with Gasteiger partial charge < -0.3 is 4.40 Å². The minimum Gasteiger partial charge on any atom is -0.302 e. The topological polar surface area (TPSA) is 17.3 Å². The van der Waals surface area contributed by atoms with Crippen LogP contribution in [0.2, 0.25) is 5.15 Å². The highest BCUT2D eigenvalue weighted by Crippen LogP contribution is 2.40. The Hall–Kier alpha value is -1.02. The molecule has 1 saturated carbocycles. The number of aromatic nitrogens is 2. The van der Waals surface area contributed by atoms with E-state index >= 15 is 0 Å². The fourth-order valence-corrected chi connectivity index (χ4v) is 1.89. The molecule has 2 aromatic heterocycles. The molecule has 0 aliphatic heterocycles. The highest BCUT2D eigenvalue weighted by molar-refractivity contribution is 6.32. The first-order valence-electron chi connectivity index (χ1n) is 4.49. The Balaban J connectivity index is 2.34. The normalized spacial score (nSPS) is 16.7. The summed E-state index contributed by atoms with van der Waals surface area (Å²) in [5, 5.41) is 0.627. The molecule has 3 rings (SSSR count). The van der Waals surface area contributed by atoms with Crippen LogP contribution in [-0.2, 0) is 0 Å². The van der Waals surface area contributed by atoms with Crippen molar-refractivity contribution in [1.29, 1.82) is 0 Å². The summed E-state index contributed by atoms with van der Waals surface area (Å²) < 4.78 is 2.10. The fourth-order valence-electron chi connectivity index (χ4n) is 1.65. The van der Waals surface area contributed by atoms with Gasteiger partial charge in [-0.05, 0) is 25.0 Å². The van der Waals surface area contributed by atoms with E-state index < -0.39 is 0 Å². The number of nitrogens with zero attached hydrogens (tertiary/aromatic N) is 2. The van der Waals surface area contributed by atoms with E-state index in [2.05, 4.69) is 9.38 Å². The number of hydrogen-bond acceptors (Lipinski definition) is 1. The van der Waals surface area contributed by atoms with Crippen LogP contribution in [-0.4, -0.2) is 9.38 Å². The van der Waals surface area contributed by atoms with Crippen LogP contribution >= 0.6 is 11.6 Å². The third-order valence-corrected chi connectivity index (χ3v) is 2.75. The van der Waals surface area contributed by atoms with Gasteiger partial charge in [0.05, 0.1) is 5.52 Å². The molecule has 1 aliphatic rings. The van der Waals surface area contributed by atoms with E-state index in [1.54, 1.807) is 0 Å². The summed E-state index contributed by atoms with van der Waals surface area (Å²) in [6.45, 7) is 0. The van der Waals surface area contributed by atoms with E-state index in [9.17, 15) is 0 Å². The smallest absolute Gasteiger partial charge is 0.155 e. The Morgan fingerprint density at radius 2 is 2.23 bits per heavy atom. The van der Waals surface area contributed by atoms with Crippen molar-refractivity contribution in [3.63, 3.8) is 0 Å². The number of pyridine rings is 1. The van der Waals surface area contributed by atoms with Crippen molar-refractivity contribution in [2.24, 2.45) is 0 Å². The molecule has 0 unspecified atom stereocenters. The van der Waals surface area contributed by atoms with Gasteiger partial charge in [0.15, 0.2) is 5.15 Å². The lowest BCUT2D eigenvalue weighted by molar-refractivity contribution is 0.921. The summed E-state index contributed by atoms with van der Waals surface area (Å²) in [6.07, 6.45) is 4.54. The van der Waals surface area contributed by atoms with E-state index in [1.165, 1.54) is 12.8 Å². The van der Waals surface area contributed by atoms with Crippen LogP contribution in [0.25, 0.3) is 5.52 Å². The van der Waals surface area contributed by atoms with Crippen LogP contribution < -0.4 is 0 Å². The SMILES string of the molecule is Clc1nc(C2CC2)n2ccccc12. The van der Waals surface area contributed by atoms with Gasteiger partial charge in [0.2, 0.25) is 0 Å². The van der Waals surface area contributed by atoms with Gasteiger partial charge in [0.1, 0.15) is 5.82 Å². The summed E-state index contributed by atoms with van der Waals surface area (Å²) in [5.41, 5.74) is 1.02. The molecule has 0 atom stereocenters. The van der Waals surface area contributed by atoms with E-state index in [-0.39, 0.29) is 0 Å². The molecule has 0 saturated heterocycles. The van der Waals surface area contributed by atoms with Gasteiger partial charge in [0, 0.05) is 12.1 Å². The molecule has 2 aromatic rings. The van der Waals surface area contributed by atoms with E-state index in [0.717, 1.165) is 11.3 Å². The zero-order valence-electron chi connectivity index (χ0n) is 7.07. The standard InChI is InChI=1S/C10H9ClN2/c11-9-8-3-1-2-6-13(8)10(12-9)7-4-5-7/h1-3,6-7H,4-5H2. The van der Waals surface area contributed by atoms with Crippen LogP contribution in [0.15, 0.2) is 24.4 Å². The average molecular weight is 193 g/mol. The molecule has 0 aromatic carbocycles. The van der Waals surface area contributed by atoms with E-state index in [0.29, 0.717) is 11.1 Å². The average Bonchev–Trinajstić information content (AvgIpc) is 2.94. The third kappa shape index (κ3) is 1.05. The van der Waals surface area contributed by atoms with Crippen LogP contribution in [0.1, 0.15) is 24.6 Å². The molecule has 2 nitrogen and oxygen atoms in total. The number of imidazole rings is 1. The van der Waals surface area contributed by atoms with Crippen molar-refractivity contribution < 1.29 is 0 Å². The molecule has 13 heavy (non-hydrogen) atoms. The van der Waals surface area contributed by atoms with Crippen molar-refractivity contribution >= 4 is 17.1 Å². The van der Waals surface area contributed by atoms with Gasteiger partial charge in [0.25, 0.3) is 0 Å². The second kappa shape index (κ2) is 2.48. The first kappa shape index (κ1) is 7.39. The van der Waals surface area contributed by atoms with Crippen molar-refractivity contribution in [3.8, 4) is 0 Å². The van der Waals surface area contributed by atoms with Gasteiger partial charge in [-0.2, -0.15) is 0 Å². The van der Waals surface area contributed by atoms with E-state index in [1.807, 2.05) is 24.4 Å². The minimum atomic E-state index is 0.627. The Morgan fingerprint density at radius 3 is 3.00 bits per heavy atom. The zero-order chi connectivity index (χ0) is 8.84. The zero-order valence-corrected chi connectivity index (χ0v) is 7.83.